The maximum Gasteiger partial charge on any atom is 0.331 e. The highest BCUT2D eigenvalue weighted by atomic mass is 16.5. The van der Waals surface area contributed by atoms with Gasteiger partial charge >= 0.3 is 5.69 Å². The standard InChI is InChI=1S/C10H14N2O4/c1-6-7(2-3-16-6)5-12-9(14)4-8(13)11-10(12)15/h4,6-7,14H,2-3,5H2,1H3,(H,11,13,15). The number of rotatable bonds is 2. The predicted octanol–water partition coefficient (Wildman–Crippen LogP) is -0.333. The Labute approximate surface area is 91.5 Å². The van der Waals surface area contributed by atoms with Crippen molar-refractivity contribution in [1.29, 1.82) is 0 Å². The molecule has 1 aromatic rings. The van der Waals surface area contributed by atoms with Crippen molar-refractivity contribution in [2.24, 2.45) is 5.92 Å². The van der Waals surface area contributed by atoms with Crippen molar-refractivity contribution in [3.63, 3.8) is 0 Å². The van der Waals surface area contributed by atoms with Gasteiger partial charge in [0.2, 0.25) is 5.88 Å². The van der Waals surface area contributed by atoms with Gasteiger partial charge in [0.1, 0.15) is 0 Å². The van der Waals surface area contributed by atoms with Crippen LogP contribution in [0.4, 0.5) is 0 Å². The van der Waals surface area contributed by atoms with Crippen molar-refractivity contribution in [2.75, 3.05) is 6.61 Å². The molecule has 0 spiro atoms. The second kappa shape index (κ2) is 4.13. The molecule has 2 N–H and O–H groups in total. The van der Waals surface area contributed by atoms with E-state index in [1.165, 1.54) is 0 Å². The van der Waals surface area contributed by atoms with E-state index in [0.29, 0.717) is 13.2 Å². The number of nitrogens with one attached hydrogen (secondary N) is 1. The fraction of sp³-hybridized carbons (Fsp3) is 0.600. The zero-order valence-electron chi connectivity index (χ0n) is 8.97. The summed E-state index contributed by atoms with van der Waals surface area (Å²) in [5.41, 5.74) is -1.17. The Balaban J connectivity index is 2.28. The highest BCUT2D eigenvalue weighted by molar-refractivity contribution is 5.06. The van der Waals surface area contributed by atoms with Crippen LogP contribution < -0.4 is 11.2 Å². The molecule has 2 atom stereocenters. The SMILES string of the molecule is CC1OCCC1Cn1c(O)cc(=O)[nH]c1=O. The van der Waals surface area contributed by atoms with Crippen LogP contribution in [0.2, 0.25) is 0 Å². The monoisotopic (exact) mass is 226 g/mol. The molecule has 2 heterocycles. The van der Waals surface area contributed by atoms with Crippen molar-refractivity contribution in [1.82, 2.24) is 9.55 Å². The minimum absolute atomic E-state index is 0.0678. The van der Waals surface area contributed by atoms with E-state index in [9.17, 15) is 14.7 Å². The molecule has 1 aromatic heterocycles. The molecule has 0 aromatic carbocycles. The Morgan fingerprint density at radius 1 is 1.62 bits per heavy atom. The van der Waals surface area contributed by atoms with Crippen LogP contribution in [0.5, 0.6) is 5.88 Å². The van der Waals surface area contributed by atoms with Gasteiger partial charge in [-0.25, -0.2) is 4.79 Å². The first-order valence-corrected chi connectivity index (χ1v) is 5.22. The number of hydrogen-bond donors (Lipinski definition) is 2. The summed E-state index contributed by atoms with van der Waals surface area (Å²) in [7, 11) is 0. The predicted molar refractivity (Wildman–Crippen MR) is 56.5 cm³/mol. The van der Waals surface area contributed by atoms with Crippen LogP contribution in [0.1, 0.15) is 13.3 Å². The number of aromatic amines is 1. The largest absolute Gasteiger partial charge is 0.494 e. The molecule has 1 fully saturated rings. The van der Waals surface area contributed by atoms with Crippen molar-refractivity contribution in [2.45, 2.75) is 26.0 Å². The van der Waals surface area contributed by atoms with Crippen LogP contribution in [0.3, 0.4) is 0 Å². The molecule has 16 heavy (non-hydrogen) atoms. The van der Waals surface area contributed by atoms with Gasteiger partial charge in [-0.3, -0.25) is 14.3 Å². The smallest absolute Gasteiger partial charge is 0.331 e. The second-order valence-corrected chi connectivity index (χ2v) is 4.03. The van der Waals surface area contributed by atoms with Gasteiger partial charge in [-0.05, 0) is 13.3 Å². The van der Waals surface area contributed by atoms with Crippen LogP contribution in [0.25, 0.3) is 0 Å². The maximum absolute atomic E-state index is 11.5. The van der Waals surface area contributed by atoms with E-state index in [0.717, 1.165) is 17.1 Å². The van der Waals surface area contributed by atoms with Gasteiger partial charge < -0.3 is 9.84 Å². The summed E-state index contributed by atoms with van der Waals surface area (Å²) in [5, 5.41) is 9.52. The minimum atomic E-state index is -0.588. The summed E-state index contributed by atoms with van der Waals surface area (Å²) in [5.74, 6) is -0.109. The second-order valence-electron chi connectivity index (χ2n) is 4.03. The normalized spacial score (nSPS) is 24.8. The summed E-state index contributed by atoms with van der Waals surface area (Å²) in [6, 6.07) is 1.00. The average molecular weight is 226 g/mol. The highest BCUT2D eigenvalue weighted by Crippen LogP contribution is 2.22. The molecule has 0 bridgehead atoms. The summed E-state index contributed by atoms with van der Waals surface area (Å²) in [6.45, 7) is 2.97. The maximum atomic E-state index is 11.5. The van der Waals surface area contributed by atoms with E-state index in [4.69, 9.17) is 4.74 Å². The highest BCUT2D eigenvalue weighted by Gasteiger charge is 2.25. The Kier molecular flexibility index (Phi) is 2.82. The van der Waals surface area contributed by atoms with Gasteiger partial charge in [-0.15, -0.1) is 0 Å². The quantitative estimate of drug-likeness (QED) is 0.723. The molecular formula is C10H14N2O4. The summed E-state index contributed by atoms with van der Waals surface area (Å²) in [6.07, 6.45) is 0.921. The van der Waals surface area contributed by atoms with Gasteiger partial charge in [-0.1, -0.05) is 0 Å². The van der Waals surface area contributed by atoms with Crippen molar-refractivity contribution < 1.29 is 9.84 Å². The van der Waals surface area contributed by atoms with Crippen LogP contribution in [0, 0.1) is 5.92 Å². The Morgan fingerprint density at radius 3 is 2.94 bits per heavy atom. The first kappa shape index (κ1) is 10.9. The topological polar surface area (TPSA) is 84.3 Å². The fourth-order valence-corrected chi connectivity index (χ4v) is 1.93. The first-order valence-electron chi connectivity index (χ1n) is 5.22. The van der Waals surface area contributed by atoms with Gasteiger partial charge in [0.15, 0.2) is 0 Å². The molecule has 1 aliphatic heterocycles. The molecular weight excluding hydrogens is 212 g/mol. The molecule has 6 nitrogen and oxygen atoms in total. The first-order chi connectivity index (χ1) is 7.58. The van der Waals surface area contributed by atoms with Crippen LogP contribution in [-0.2, 0) is 11.3 Å². The lowest BCUT2D eigenvalue weighted by Crippen LogP contribution is -2.32. The summed E-state index contributed by atoms with van der Waals surface area (Å²) in [4.78, 5) is 24.5. The van der Waals surface area contributed by atoms with Crippen molar-refractivity contribution in [3.8, 4) is 5.88 Å². The molecule has 1 aliphatic rings. The molecule has 0 radical (unpaired) electrons. The number of aromatic nitrogens is 2. The number of H-pyrrole nitrogens is 1. The zero-order chi connectivity index (χ0) is 11.7. The lowest BCUT2D eigenvalue weighted by molar-refractivity contribution is 0.101. The molecule has 2 rings (SSSR count). The lowest BCUT2D eigenvalue weighted by Gasteiger charge is -2.15. The number of aromatic hydroxyl groups is 1. The minimum Gasteiger partial charge on any atom is -0.494 e. The molecule has 0 saturated carbocycles. The van der Waals surface area contributed by atoms with Gasteiger partial charge in [0.05, 0.1) is 12.2 Å². The molecule has 0 amide bonds. The third-order valence-corrected chi connectivity index (χ3v) is 2.96. The van der Waals surface area contributed by atoms with E-state index >= 15 is 0 Å². The lowest BCUT2D eigenvalue weighted by atomic mass is 10.0. The average Bonchev–Trinajstić information content (AvgIpc) is 2.57. The Morgan fingerprint density at radius 2 is 2.38 bits per heavy atom. The van der Waals surface area contributed by atoms with Crippen LogP contribution in [-0.4, -0.2) is 27.4 Å². The van der Waals surface area contributed by atoms with Gasteiger partial charge in [0, 0.05) is 19.1 Å². The van der Waals surface area contributed by atoms with Crippen LogP contribution >= 0.6 is 0 Å². The summed E-state index contributed by atoms with van der Waals surface area (Å²) >= 11 is 0. The van der Waals surface area contributed by atoms with E-state index < -0.39 is 11.2 Å². The van der Waals surface area contributed by atoms with Gasteiger partial charge in [-0.2, -0.15) is 0 Å². The fourth-order valence-electron chi connectivity index (χ4n) is 1.93. The number of hydrogen-bond acceptors (Lipinski definition) is 4. The van der Waals surface area contributed by atoms with E-state index in [1.54, 1.807) is 0 Å². The van der Waals surface area contributed by atoms with Crippen molar-refractivity contribution >= 4 is 0 Å². The number of ether oxygens (including phenoxy) is 1. The Bertz CT molecular complexity index is 490. The molecule has 1 saturated heterocycles. The Hall–Kier alpha value is -1.56. The molecule has 6 heteroatoms. The van der Waals surface area contributed by atoms with Crippen molar-refractivity contribution in [3.05, 3.63) is 26.9 Å². The molecule has 2 unspecified atom stereocenters. The number of nitrogens with zero attached hydrogens (tertiary/aromatic N) is 1. The zero-order valence-corrected chi connectivity index (χ0v) is 8.97. The molecule has 0 aliphatic carbocycles. The van der Waals surface area contributed by atoms with E-state index in [2.05, 4.69) is 4.98 Å². The third-order valence-electron chi connectivity index (χ3n) is 2.96. The van der Waals surface area contributed by atoms with E-state index in [-0.39, 0.29) is 17.9 Å². The van der Waals surface area contributed by atoms with E-state index in [1.807, 2.05) is 6.92 Å². The van der Waals surface area contributed by atoms with Crippen LogP contribution in [0.15, 0.2) is 15.7 Å². The summed E-state index contributed by atoms with van der Waals surface area (Å²) < 4.78 is 6.54. The molecule has 88 valence electrons. The van der Waals surface area contributed by atoms with Gasteiger partial charge in [0.25, 0.3) is 5.56 Å². The third kappa shape index (κ3) is 2.01.